The SMILES string of the molecule is CC1CC(C)CN(CC(=O)N2CCN(S(=O)(=O)c3ccc(Cl)cc3)CC2)C1. The lowest BCUT2D eigenvalue weighted by molar-refractivity contribution is -0.134. The van der Waals surface area contributed by atoms with Crippen LogP contribution in [-0.4, -0.2) is 74.2 Å². The summed E-state index contributed by atoms with van der Waals surface area (Å²) < 4.78 is 26.9. The lowest BCUT2D eigenvalue weighted by Gasteiger charge is -2.38. The highest BCUT2D eigenvalue weighted by molar-refractivity contribution is 7.89. The van der Waals surface area contributed by atoms with E-state index in [0.29, 0.717) is 49.6 Å². The second kappa shape index (κ2) is 8.47. The first-order chi connectivity index (χ1) is 12.8. The van der Waals surface area contributed by atoms with E-state index >= 15 is 0 Å². The van der Waals surface area contributed by atoms with Gasteiger partial charge in [-0.2, -0.15) is 4.31 Å². The Labute approximate surface area is 167 Å². The van der Waals surface area contributed by atoms with E-state index in [1.807, 2.05) is 0 Å². The van der Waals surface area contributed by atoms with Gasteiger partial charge in [-0.15, -0.1) is 0 Å². The maximum absolute atomic E-state index is 12.7. The minimum atomic E-state index is -3.54. The zero-order chi connectivity index (χ0) is 19.6. The molecule has 2 aliphatic rings. The molecule has 1 aromatic rings. The maximum atomic E-state index is 12.7. The van der Waals surface area contributed by atoms with Crippen LogP contribution < -0.4 is 0 Å². The summed E-state index contributed by atoms with van der Waals surface area (Å²) in [5.41, 5.74) is 0. The molecule has 0 bridgehead atoms. The van der Waals surface area contributed by atoms with Crippen LogP contribution in [0.5, 0.6) is 0 Å². The minimum absolute atomic E-state index is 0.0971. The van der Waals surface area contributed by atoms with Gasteiger partial charge in [0.2, 0.25) is 15.9 Å². The molecule has 0 aliphatic carbocycles. The number of sulfonamides is 1. The van der Waals surface area contributed by atoms with Crippen molar-refractivity contribution < 1.29 is 13.2 Å². The molecule has 27 heavy (non-hydrogen) atoms. The Bertz CT molecular complexity index is 751. The van der Waals surface area contributed by atoms with Crippen molar-refractivity contribution in [2.24, 2.45) is 11.8 Å². The third-order valence-corrected chi connectivity index (χ3v) is 7.51. The van der Waals surface area contributed by atoms with Gasteiger partial charge in [0.25, 0.3) is 0 Å². The Balaban J connectivity index is 1.55. The standard InChI is InChI=1S/C19H28ClN3O3S/c1-15-11-16(2)13-21(12-15)14-19(24)22-7-9-23(10-8-22)27(25,26)18-5-3-17(20)4-6-18/h3-6,15-16H,7-14H2,1-2H3. The van der Waals surface area contributed by atoms with E-state index in [4.69, 9.17) is 11.6 Å². The van der Waals surface area contributed by atoms with Crippen molar-refractivity contribution in [3.63, 3.8) is 0 Å². The molecule has 0 radical (unpaired) electrons. The van der Waals surface area contributed by atoms with Gasteiger partial charge in [-0.25, -0.2) is 8.42 Å². The quantitative estimate of drug-likeness (QED) is 0.758. The summed E-state index contributed by atoms with van der Waals surface area (Å²) in [6, 6.07) is 6.20. The monoisotopic (exact) mass is 413 g/mol. The van der Waals surface area contributed by atoms with Crippen molar-refractivity contribution in [2.75, 3.05) is 45.8 Å². The van der Waals surface area contributed by atoms with Gasteiger partial charge in [0.15, 0.2) is 0 Å². The van der Waals surface area contributed by atoms with Crippen LogP contribution in [0.3, 0.4) is 0 Å². The molecule has 0 aromatic heterocycles. The molecule has 2 atom stereocenters. The summed E-state index contributed by atoms with van der Waals surface area (Å²) in [5, 5.41) is 0.505. The number of hydrogen-bond donors (Lipinski definition) is 0. The van der Waals surface area contributed by atoms with Gasteiger partial charge in [-0.1, -0.05) is 25.4 Å². The summed E-state index contributed by atoms with van der Waals surface area (Å²) in [5.74, 6) is 1.32. The second-order valence-electron chi connectivity index (χ2n) is 7.88. The lowest BCUT2D eigenvalue weighted by Crippen LogP contribution is -2.53. The number of piperazine rings is 1. The average Bonchev–Trinajstić information content (AvgIpc) is 2.61. The molecule has 2 saturated heterocycles. The molecule has 150 valence electrons. The fourth-order valence-electron chi connectivity index (χ4n) is 4.15. The fourth-order valence-corrected chi connectivity index (χ4v) is 5.69. The first kappa shape index (κ1) is 20.6. The zero-order valence-electron chi connectivity index (χ0n) is 16.0. The first-order valence-corrected chi connectivity index (χ1v) is 11.3. The van der Waals surface area contributed by atoms with Crippen molar-refractivity contribution in [2.45, 2.75) is 25.2 Å². The van der Waals surface area contributed by atoms with E-state index in [-0.39, 0.29) is 10.8 Å². The van der Waals surface area contributed by atoms with Crippen LogP contribution in [0.25, 0.3) is 0 Å². The summed E-state index contributed by atoms with van der Waals surface area (Å²) in [7, 11) is -3.54. The number of piperidine rings is 1. The van der Waals surface area contributed by atoms with Gasteiger partial charge < -0.3 is 4.90 Å². The topological polar surface area (TPSA) is 60.9 Å². The number of halogens is 1. The highest BCUT2D eigenvalue weighted by Crippen LogP contribution is 2.22. The Hall–Kier alpha value is -1.15. The smallest absolute Gasteiger partial charge is 0.243 e. The largest absolute Gasteiger partial charge is 0.339 e. The molecule has 2 unspecified atom stereocenters. The summed E-state index contributed by atoms with van der Waals surface area (Å²) in [6.07, 6.45) is 1.21. The fraction of sp³-hybridized carbons (Fsp3) is 0.632. The van der Waals surface area contributed by atoms with Crippen LogP contribution in [0, 0.1) is 11.8 Å². The van der Waals surface area contributed by atoms with E-state index in [9.17, 15) is 13.2 Å². The molecule has 3 rings (SSSR count). The molecule has 0 N–H and O–H groups in total. The second-order valence-corrected chi connectivity index (χ2v) is 10.3. The van der Waals surface area contributed by atoms with Crippen LogP contribution in [0.2, 0.25) is 5.02 Å². The zero-order valence-corrected chi connectivity index (χ0v) is 17.5. The normalized spacial score (nSPS) is 25.5. The first-order valence-electron chi connectivity index (χ1n) is 9.51. The summed E-state index contributed by atoms with van der Waals surface area (Å²) in [4.78, 5) is 16.9. The molecule has 1 amide bonds. The van der Waals surface area contributed by atoms with Gasteiger partial charge in [-0.05, 0) is 42.5 Å². The van der Waals surface area contributed by atoms with Gasteiger partial charge >= 0.3 is 0 Å². The molecule has 8 heteroatoms. The highest BCUT2D eigenvalue weighted by Gasteiger charge is 2.31. The molecule has 6 nitrogen and oxygen atoms in total. The number of rotatable bonds is 4. The van der Waals surface area contributed by atoms with E-state index in [2.05, 4.69) is 18.7 Å². The Kier molecular flexibility index (Phi) is 6.46. The molecule has 2 aliphatic heterocycles. The molecule has 0 spiro atoms. The van der Waals surface area contributed by atoms with Gasteiger partial charge in [-0.3, -0.25) is 9.69 Å². The number of carbonyl (C=O) groups is 1. The number of carbonyl (C=O) groups excluding carboxylic acids is 1. The van der Waals surface area contributed by atoms with E-state index < -0.39 is 10.0 Å². The third kappa shape index (κ3) is 5.02. The Morgan fingerprint density at radius 1 is 1.04 bits per heavy atom. The molecule has 1 aromatic carbocycles. The van der Waals surface area contributed by atoms with Crippen LogP contribution in [0.4, 0.5) is 0 Å². The number of benzene rings is 1. The lowest BCUT2D eigenvalue weighted by atomic mass is 9.92. The predicted octanol–water partition coefficient (Wildman–Crippen LogP) is 2.15. The number of likely N-dealkylation sites (tertiary alicyclic amines) is 1. The van der Waals surface area contributed by atoms with Crippen molar-refractivity contribution in [3.8, 4) is 0 Å². The maximum Gasteiger partial charge on any atom is 0.243 e. The van der Waals surface area contributed by atoms with E-state index in [0.717, 1.165) is 13.1 Å². The van der Waals surface area contributed by atoms with Crippen molar-refractivity contribution in [1.82, 2.24) is 14.1 Å². The van der Waals surface area contributed by atoms with Crippen molar-refractivity contribution in [1.29, 1.82) is 0 Å². The van der Waals surface area contributed by atoms with Gasteiger partial charge in [0, 0.05) is 44.3 Å². The third-order valence-electron chi connectivity index (χ3n) is 5.35. The number of hydrogen-bond acceptors (Lipinski definition) is 4. The summed E-state index contributed by atoms with van der Waals surface area (Å²) in [6.45, 7) is 8.32. The van der Waals surface area contributed by atoms with Crippen molar-refractivity contribution >= 4 is 27.5 Å². The number of nitrogens with zero attached hydrogens (tertiary/aromatic N) is 3. The Morgan fingerprint density at radius 2 is 1.59 bits per heavy atom. The molecular weight excluding hydrogens is 386 g/mol. The molecule has 0 saturated carbocycles. The Morgan fingerprint density at radius 3 is 2.15 bits per heavy atom. The van der Waals surface area contributed by atoms with Crippen molar-refractivity contribution in [3.05, 3.63) is 29.3 Å². The summed E-state index contributed by atoms with van der Waals surface area (Å²) >= 11 is 5.84. The van der Waals surface area contributed by atoms with E-state index in [1.165, 1.54) is 22.9 Å². The van der Waals surface area contributed by atoms with E-state index in [1.54, 1.807) is 17.0 Å². The minimum Gasteiger partial charge on any atom is -0.339 e. The van der Waals surface area contributed by atoms with Gasteiger partial charge in [0.05, 0.1) is 11.4 Å². The van der Waals surface area contributed by atoms with Crippen LogP contribution >= 0.6 is 11.6 Å². The average molecular weight is 414 g/mol. The van der Waals surface area contributed by atoms with Crippen LogP contribution in [0.15, 0.2) is 29.2 Å². The molecular formula is C19H28ClN3O3S. The van der Waals surface area contributed by atoms with Crippen LogP contribution in [-0.2, 0) is 14.8 Å². The molecule has 2 fully saturated rings. The molecule has 2 heterocycles. The number of amides is 1. The van der Waals surface area contributed by atoms with Gasteiger partial charge in [0.1, 0.15) is 0 Å². The van der Waals surface area contributed by atoms with Crippen LogP contribution in [0.1, 0.15) is 20.3 Å². The highest BCUT2D eigenvalue weighted by atomic mass is 35.5. The predicted molar refractivity (Wildman–Crippen MR) is 106 cm³/mol.